The molecule has 1 rings (SSSR count). The normalized spacial score (nSPS) is 11.1. The molecule has 2 N–H and O–H groups in total. The molecule has 0 bridgehead atoms. The molecule has 0 aliphatic rings. The predicted molar refractivity (Wildman–Crippen MR) is 62.4 cm³/mol. The number of amides is 1. The number of hydrogen-bond donors (Lipinski definition) is 2. The molecular formula is C11H15NO3S. The van der Waals surface area contributed by atoms with Crippen LogP contribution in [0.1, 0.15) is 18.7 Å². The van der Waals surface area contributed by atoms with Crippen LogP contribution in [0, 0.1) is 5.41 Å². The topological polar surface area (TPSA) is 66.4 Å². The zero-order valence-corrected chi connectivity index (χ0v) is 10.1. The van der Waals surface area contributed by atoms with E-state index in [0.717, 1.165) is 4.88 Å². The smallest absolute Gasteiger partial charge is 0.310 e. The number of carboxylic acid groups (broad SMARTS) is 1. The number of carbonyl (C=O) groups excluding carboxylic acids is 1. The van der Waals surface area contributed by atoms with Gasteiger partial charge in [0.15, 0.2) is 0 Å². The molecule has 4 nitrogen and oxygen atoms in total. The largest absolute Gasteiger partial charge is 0.481 e. The molecule has 0 saturated heterocycles. The van der Waals surface area contributed by atoms with Gasteiger partial charge in [0, 0.05) is 11.4 Å². The third kappa shape index (κ3) is 3.66. The molecular weight excluding hydrogens is 226 g/mol. The van der Waals surface area contributed by atoms with E-state index in [-0.39, 0.29) is 12.5 Å². The first-order valence-corrected chi connectivity index (χ1v) is 5.82. The third-order valence-corrected chi connectivity index (χ3v) is 3.10. The minimum Gasteiger partial charge on any atom is -0.481 e. The molecule has 0 unspecified atom stereocenters. The monoisotopic (exact) mass is 241 g/mol. The fourth-order valence-corrected chi connectivity index (χ4v) is 1.73. The first-order chi connectivity index (χ1) is 7.42. The molecule has 0 fully saturated rings. The summed E-state index contributed by atoms with van der Waals surface area (Å²) < 4.78 is 0. The Morgan fingerprint density at radius 3 is 2.69 bits per heavy atom. The van der Waals surface area contributed by atoms with Crippen LogP contribution in [-0.4, -0.2) is 23.5 Å². The quantitative estimate of drug-likeness (QED) is 0.821. The number of hydrogen-bond acceptors (Lipinski definition) is 3. The molecule has 16 heavy (non-hydrogen) atoms. The lowest BCUT2D eigenvalue weighted by Crippen LogP contribution is -2.39. The van der Waals surface area contributed by atoms with Gasteiger partial charge in [0.2, 0.25) is 5.91 Å². The molecule has 0 aliphatic carbocycles. The molecule has 0 spiro atoms. The van der Waals surface area contributed by atoms with Gasteiger partial charge in [-0.1, -0.05) is 6.07 Å². The predicted octanol–water partition coefficient (Wildman–Crippen LogP) is 1.52. The van der Waals surface area contributed by atoms with E-state index in [1.54, 1.807) is 13.8 Å². The van der Waals surface area contributed by atoms with E-state index in [1.165, 1.54) is 11.3 Å². The van der Waals surface area contributed by atoms with E-state index < -0.39 is 11.4 Å². The molecule has 1 heterocycles. The highest BCUT2D eigenvalue weighted by atomic mass is 32.1. The maximum Gasteiger partial charge on any atom is 0.310 e. The summed E-state index contributed by atoms with van der Waals surface area (Å²) in [6.07, 6.45) is 0.313. The highest BCUT2D eigenvalue weighted by Crippen LogP contribution is 2.13. The molecule has 0 saturated carbocycles. The highest BCUT2D eigenvalue weighted by Gasteiger charge is 2.27. The van der Waals surface area contributed by atoms with Crippen LogP contribution < -0.4 is 5.32 Å². The van der Waals surface area contributed by atoms with Gasteiger partial charge in [0.05, 0.1) is 11.8 Å². The van der Waals surface area contributed by atoms with Gasteiger partial charge in [-0.25, -0.2) is 0 Å². The van der Waals surface area contributed by atoms with E-state index in [0.29, 0.717) is 6.42 Å². The lowest BCUT2D eigenvalue weighted by atomic mass is 9.94. The van der Waals surface area contributed by atoms with Crippen LogP contribution in [0.2, 0.25) is 0 Å². The minimum atomic E-state index is -0.925. The van der Waals surface area contributed by atoms with Crippen molar-refractivity contribution in [2.45, 2.75) is 20.3 Å². The SMILES string of the molecule is CC(C)(CNC(=O)Cc1cccs1)C(=O)O. The van der Waals surface area contributed by atoms with Crippen molar-refractivity contribution in [2.75, 3.05) is 6.54 Å². The van der Waals surface area contributed by atoms with Gasteiger partial charge in [0.25, 0.3) is 0 Å². The summed E-state index contributed by atoms with van der Waals surface area (Å²) in [7, 11) is 0. The number of aliphatic carboxylic acids is 1. The van der Waals surface area contributed by atoms with Crippen LogP contribution in [0.4, 0.5) is 0 Å². The summed E-state index contributed by atoms with van der Waals surface area (Å²) in [5, 5.41) is 13.4. The van der Waals surface area contributed by atoms with E-state index in [2.05, 4.69) is 5.32 Å². The second kappa shape index (κ2) is 5.12. The summed E-state index contributed by atoms with van der Waals surface area (Å²) in [6.45, 7) is 3.31. The maximum atomic E-state index is 11.5. The van der Waals surface area contributed by atoms with E-state index in [9.17, 15) is 9.59 Å². The van der Waals surface area contributed by atoms with Gasteiger partial charge in [-0.3, -0.25) is 9.59 Å². The van der Waals surface area contributed by atoms with Crippen molar-refractivity contribution < 1.29 is 14.7 Å². The summed E-state index contributed by atoms with van der Waals surface area (Å²) in [5.41, 5.74) is -0.925. The molecule has 88 valence electrons. The molecule has 0 atom stereocenters. The molecule has 0 aliphatic heterocycles. The molecule has 0 aromatic carbocycles. The highest BCUT2D eigenvalue weighted by molar-refractivity contribution is 7.10. The van der Waals surface area contributed by atoms with Gasteiger partial charge < -0.3 is 10.4 Å². The van der Waals surface area contributed by atoms with Crippen LogP contribution in [0.25, 0.3) is 0 Å². The number of carbonyl (C=O) groups is 2. The number of carboxylic acids is 1. The van der Waals surface area contributed by atoms with Crippen molar-refractivity contribution in [3.63, 3.8) is 0 Å². The summed E-state index contributed by atoms with van der Waals surface area (Å²) in [5.74, 6) is -1.05. The molecule has 1 amide bonds. The zero-order chi connectivity index (χ0) is 12.2. The fraction of sp³-hybridized carbons (Fsp3) is 0.455. The van der Waals surface area contributed by atoms with Gasteiger partial charge in [-0.15, -0.1) is 11.3 Å². The van der Waals surface area contributed by atoms with Crippen molar-refractivity contribution in [1.29, 1.82) is 0 Å². The van der Waals surface area contributed by atoms with Crippen molar-refractivity contribution in [2.24, 2.45) is 5.41 Å². The van der Waals surface area contributed by atoms with Gasteiger partial charge in [0.1, 0.15) is 0 Å². The van der Waals surface area contributed by atoms with Crippen LogP contribution >= 0.6 is 11.3 Å². The number of rotatable bonds is 5. The first-order valence-electron chi connectivity index (χ1n) is 4.94. The van der Waals surface area contributed by atoms with Crippen molar-refractivity contribution in [1.82, 2.24) is 5.32 Å². The Bertz CT molecular complexity index is 371. The maximum absolute atomic E-state index is 11.5. The Morgan fingerprint density at radius 2 is 2.19 bits per heavy atom. The van der Waals surface area contributed by atoms with Gasteiger partial charge in [-0.2, -0.15) is 0 Å². The van der Waals surface area contributed by atoms with Crippen LogP contribution in [0.15, 0.2) is 17.5 Å². The van der Waals surface area contributed by atoms with Gasteiger partial charge in [-0.05, 0) is 25.3 Å². The summed E-state index contributed by atoms with van der Waals surface area (Å²) >= 11 is 1.51. The first kappa shape index (κ1) is 12.7. The fourth-order valence-electron chi connectivity index (χ4n) is 1.03. The van der Waals surface area contributed by atoms with Crippen molar-refractivity contribution in [3.8, 4) is 0 Å². The number of thiophene rings is 1. The Labute approximate surface area is 98.3 Å². The minimum absolute atomic E-state index is 0.142. The lowest BCUT2D eigenvalue weighted by molar-refractivity contribution is -0.146. The van der Waals surface area contributed by atoms with E-state index in [4.69, 9.17) is 5.11 Å². The van der Waals surface area contributed by atoms with Crippen LogP contribution in [-0.2, 0) is 16.0 Å². The standard InChI is InChI=1S/C11H15NO3S/c1-11(2,10(14)15)7-12-9(13)6-8-4-3-5-16-8/h3-5H,6-7H2,1-2H3,(H,12,13)(H,14,15). The Morgan fingerprint density at radius 1 is 1.50 bits per heavy atom. The molecule has 0 radical (unpaired) electrons. The Kier molecular flexibility index (Phi) is 4.06. The lowest BCUT2D eigenvalue weighted by Gasteiger charge is -2.19. The second-order valence-corrected chi connectivity index (χ2v) is 5.25. The Balaban J connectivity index is 2.39. The van der Waals surface area contributed by atoms with Crippen molar-refractivity contribution >= 4 is 23.2 Å². The van der Waals surface area contributed by atoms with Crippen LogP contribution in [0.5, 0.6) is 0 Å². The van der Waals surface area contributed by atoms with Crippen LogP contribution in [0.3, 0.4) is 0 Å². The van der Waals surface area contributed by atoms with Gasteiger partial charge >= 0.3 is 5.97 Å². The van der Waals surface area contributed by atoms with E-state index in [1.807, 2.05) is 17.5 Å². The average Bonchev–Trinajstić information content (AvgIpc) is 2.67. The Hall–Kier alpha value is -1.36. The zero-order valence-electron chi connectivity index (χ0n) is 9.32. The second-order valence-electron chi connectivity index (χ2n) is 4.22. The molecule has 1 aromatic rings. The molecule has 1 aromatic heterocycles. The van der Waals surface area contributed by atoms with E-state index >= 15 is 0 Å². The number of nitrogens with one attached hydrogen (secondary N) is 1. The summed E-state index contributed by atoms with van der Waals surface area (Å²) in [4.78, 5) is 23.3. The average molecular weight is 241 g/mol. The third-order valence-electron chi connectivity index (χ3n) is 2.22. The van der Waals surface area contributed by atoms with Crippen molar-refractivity contribution in [3.05, 3.63) is 22.4 Å². The summed E-state index contributed by atoms with van der Waals surface area (Å²) in [6, 6.07) is 3.76. The molecule has 5 heteroatoms.